The van der Waals surface area contributed by atoms with Crippen molar-refractivity contribution in [3.8, 4) is 11.3 Å². The van der Waals surface area contributed by atoms with Gasteiger partial charge < -0.3 is 9.51 Å². The lowest BCUT2D eigenvalue weighted by Gasteiger charge is -2.14. The summed E-state index contributed by atoms with van der Waals surface area (Å²) in [5.41, 5.74) is 4.05. The van der Waals surface area contributed by atoms with Gasteiger partial charge in [0.25, 0.3) is 0 Å². The van der Waals surface area contributed by atoms with Crippen molar-refractivity contribution < 1.29 is 4.52 Å². The van der Waals surface area contributed by atoms with Crippen LogP contribution in [0.4, 0.5) is 0 Å². The summed E-state index contributed by atoms with van der Waals surface area (Å²) in [7, 11) is 0. The maximum Gasteiger partial charge on any atom is 0.176 e. The van der Waals surface area contributed by atoms with Crippen LogP contribution in [0.5, 0.6) is 0 Å². The van der Waals surface area contributed by atoms with E-state index in [1.54, 1.807) is 6.20 Å². The standard InChI is InChI=1S/C17H21N3O/c1-10(2)11-6-7-12(15-13(11)8-19-21-15)14-9-18-16(20-14)17(3,4)5/h6-10H,1-5H3,(H,18,20). The summed E-state index contributed by atoms with van der Waals surface area (Å²) >= 11 is 0. The molecular weight excluding hydrogens is 262 g/mol. The second-order valence-corrected chi connectivity index (χ2v) is 6.82. The quantitative estimate of drug-likeness (QED) is 0.745. The molecule has 4 heteroatoms. The zero-order valence-corrected chi connectivity index (χ0v) is 13.2. The van der Waals surface area contributed by atoms with Crippen molar-refractivity contribution in [2.24, 2.45) is 0 Å². The van der Waals surface area contributed by atoms with Gasteiger partial charge in [-0.1, -0.05) is 45.8 Å². The molecule has 21 heavy (non-hydrogen) atoms. The van der Waals surface area contributed by atoms with Gasteiger partial charge in [0, 0.05) is 16.4 Å². The molecule has 2 heterocycles. The summed E-state index contributed by atoms with van der Waals surface area (Å²) in [6, 6.07) is 4.24. The molecule has 0 atom stereocenters. The highest BCUT2D eigenvalue weighted by Crippen LogP contribution is 2.33. The Labute approximate surface area is 124 Å². The molecule has 3 rings (SSSR count). The van der Waals surface area contributed by atoms with Crippen LogP contribution >= 0.6 is 0 Å². The first-order chi connectivity index (χ1) is 9.88. The number of nitrogens with zero attached hydrogens (tertiary/aromatic N) is 2. The number of benzene rings is 1. The molecule has 0 saturated carbocycles. The Kier molecular flexibility index (Phi) is 3.12. The lowest BCUT2D eigenvalue weighted by Crippen LogP contribution is -2.13. The van der Waals surface area contributed by atoms with Crippen LogP contribution in [0.25, 0.3) is 22.2 Å². The van der Waals surface area contributed by atoms with Crippen LogP contribution in [-0.2, 0) is 5.41 Å². The SMILES string of the molecule is CC(C)c1ccc(-c2cnc(C(C)(C)C)[nH]2)c2oncc12. The highest BCUT2D eigenvalue weighted by Gasteiger charge is 2.20. The fourth-order valence-electron chi connectivity index (χ4n) is 2.53. The van der Waals surface area contributed by atoms with Gasteiger partial charge in [0.05, 0.1) is 18.1 Å². The van der Waals surface area contributed by atoms with Gasteiger partial charge in [0.2, 0.25) is 0 Å². The van der Waals surface area contributed by atoms with E-state index in [1.807, 2.05) is 6.20 Å². The lowest BCUT2D eigenvalue weighted by atomic mass is 9.96. The highest BCUT2D eigenvalue weighted by atomic mass is 16.5. The van der Waals surface area contributed by atoms with Crippen LogP contribution in [0.2, 0.25) is 0 Å². The summed E-state index contributed by atoms with van der Waals surface area (Å²) in [4.78, 5) is 7.90. The predicted octanol–water partition coefficient (Wildman–Crippen LogP) is 4.64. The average Bonchev–Trinajstić information content (AvgIpc) is 3.05. The topological polar surface area (TPSA) is 54.7 Å². The molecule has 110 valence electrons. The van der Waals surface area contributed by atoms with Gasteiger partial charge in [-0.25, -0.2) is 4.98 Å². The predicted molar refractivity (Wildman–Crippen MR) is 84.4 cm³/mol. The van der Waals surface area contributed by atoms with Crippen molar-refractivity contribution in [2.75, 3.05) is 0 Å². The molecule has 3 aromatic rings. The average molecular weight is 283 g/mol. The molecule has 0 bridgehead atoms. The van der Waals surface area contributed by atoms with Gasteiger partial charge in [-0.2, -0.15) is 0 Å². The van der Waals surface area contributed by atoms with Crippen molar-refractivity contribution in [3.63, 3.8) is 0 Å². The number of hydrogen-bond donors (Lipinski definition) is 1. The number of aromatic nitrogens is 3. The fourth-order valence-corrected chi connectivity index (χ4v) is 2.53. The molecule has 0 aliphatic rings. The maximum absolute atomic E-state index is 5.49. The Morgan fingerprint density at radius 1 is 1.14 bits per heavy atom. The van der Waals surface area contributed by atoms with Crippen LogP contribution in [-0.4, -0.2) is 15.1 Å². The Balaban J connectivity index is 2.16. The van der Waals surface area contributed by atoms with Crippen LogP contribution in [0.3, 0.4) is 0 Å². The third kappa shape index (κ3) is 2.35. The van der Waals surface area contributed by atoms with E-state index in [2.05, 4.69) is 61.9 Å². The molecule has 0 amide bonds. The minimum atomic E-state index is -0.00332. The molecule has 1 N–H and O–H groups in total. The monoisotopic (exact) mass is 283 g/mol. The van der Waals surface area contributed by atoms with E-state index >= 15 is 0 Å². The van der Waals surface area contributed by atoms with Gasteiger partial charge in [-0.3, -0.25) is 0 Å². The van der Waals surface area contributed by atoms with E-state index in [4.69, 9.17) is 4.52 Å². The van der Waals surface area contributed by atoms with Gasteiger partial charge in [-0.15, -0.1) is 0 Å². The van der Waals surface area contributed by atoms with E-state index in [9.17, 15) is 0 Å². The van der Waals surface area contributed by atoms with Crippen molar-refractivity contribution in [1.82, 2.24) is 15.1 Å². The molecule has 0 fully saturated rings. The third-order valence-electron chi connectivity index (χ3n) is 3.75. The van der Waals surface area contributed by atoms with E-state index in [0.29, 0.717) is 5.92 Å². The number of nitrogens with one attached hydrogen (secondary N) is 1. The fraction of sp³-hybridized carbons (Fsp3) is 0.412. The first-order valence-corrected chi connectivity index (χ1v) is 7.31. The molecule has 0 saturated heterocycles. The Bertz CT molecular complexity index is 775. The number of H-pyrrole nitrogens is 1. The number of fused-ring (bicyclic) bond motifs is 1. The molecular formula is C17H21N3O. The number of imidazole rings is 1. The molecule has 2 aromatic heterocycles. The molecule has 0 radical (unpaired) electrons. The minimum absolute atomic E-state index is 0.00332. The van der Waals surface area contributed by atoms with E-state index in [-0.39, 0.29) is 5.41 Å². The van der Waals surface area contributed by atoms with Gasteiger partial charge in [-0.05, 0) is 17.5 Å². The molecule has 0 aliphatic carbocycles. The number of rotatable bonds is 2. The Morgan fingerprint density at radius 2 is 1.90 bits per heavy atom. The zero-order valence-electron chi connectivity index (χ0n) is 13.2. The second kappa shape index (κ2) is 4.72. The lowest BCUT2D eigenvalue weighted by molar-refractivity contribution is 0.457. The summed E-state index contributed by atoms with van der Waals surface area (Å²) < 4.78 is 5.49. The smallest absolute Gasteiger partial charge is 0.176 e. The van der Waals surface area contributed by atoms with E-state index < -0.39 is 0 Å². The van der Waals surface area contributed by atoms with E-state index in [1.165, 1.54) is 5.56 Å². The second-order valence-electron chi connectivity index (χ2n) is 6.82. The molecule has 0 aliphatic heterocycles. The summed E-state index contributed by atoms with van der Waals surface area (Å²) in [6.07, 6.45) is 3.67. The highest BCUT2D eigenvalue weighted by molar-refractivity contribution is 5.93. The molecule has 1 aromatic carbocycles. The summed E-state index contributed by atoms with van der Waals surface area (Å²) in [5, 5.41) is 5.05. The van der Waals surface area contributed by atoms with Crippen LogP contribution in [0.1, 0.15) is 51.9 Å². The van der Waals surface area contributed by atoms with Crippen molar-refractivity contribution in [1.29, 1.82) is 0 Å². The van der Waals surface area contributed by atoms with Crippen molar-refractivity contribution >= 4 is 11.0 Å². The third-order valence-corrected chi connectivity index (χ3v) is 3.75. The van der Waals surface area contributed by atoms with E-state index in [0.717, 1.165) is 28.1 Å². The maximum atomic E-state index is 5.49. The normalized spacial score (nSPS) is 12.5. The number of aromatic amines is 1. The van der Waals surface area contributed by atoms with Gasteiger partial charge in [0.15, 0.2) is 5.58 Å². The van der Waals surface area contributed by atoms with Crippen LogP contribution in [0.15, 0.2) is 29.0 Å². The van der Waals surface area contributed by atoms with Crippen molar-refractivity contribution in [2.45, 2.75) is 46.0 Å². The minimum Gasteiger partial charge on any atom is -0.356 e. The van der Waals surface area contributed by atoms with Gasteiger partial charge in [0.1, 0.15) is 5.82 Å². The van der Waals surface area contributed by atoms with Crippen LogP contribution < -0.4 is 0 Å². The first kappa shape index (κ1) is 13.9. The molecule has 0 unspecified atom stereocenters. The first-order valence-electron chi connectivity index (χ1n) is 7.31. The molecule has 0 spiro atoms. The Hall–Kier alpha value is -2.10. The summed E-state index contributed by atoms with van der Waals surface area (Å²) in [5.74, 6) is 1.41. The Morgan fingerprint density at radius 3 is 2.52 bits per heavy atom. The zero-order chi connectivity index (χ0) is 15.2. The largest absolute Gasteiger partial charge is 0.356 e. The van der Waals surface area contributed by atoms with Gasteiger partial charge >= 0.3 is 0 Å². The van der Waals surface area contributed by atoms with Crippen LogP contribution in [0, 0.1) is 0 Å². The molecule has 4 nitrogen and oxygen atoms in total. The number of hydrogen-bond acceptors (Lipinski definition) is 3. The van der Waals surface area contributed by atoms with Crippen molar-refractivity contribution in [3.05, 3.63) is 35.9 Å². The summed E-state index contributed by atoms with van der Waals surface area (Å²) in [6.45, 7) is 10.8.